The minimum absolute atomic E-state index is 0.0267. The van der Waals surface area contributed by atoms with Crippen LogP contribution in [0.4, 0.5) is 4.79 Å². The normalized spacial score (nSPS) is 19.8. The van der Waals surface area contributed by atoms with Crippen molar-refractivity contribution in [2.24, 2.45) is 5.92 Å². The van der Waals surface area contributed by atoms with Crippen molar-refractivity contribution >= 4 is 33.6 Å². The van der Waals surface area contributed by atoms with Crippen LogP contribution < -0.4 is 20.1 Å². The molecule has 3 unspecified atom stereocenters. The molecular formula is C25H32ClN3O6S. The quantitative estimate of drug-likeness (QED) is 0.450. The Morgan fingerprint density at radius 3 is 2.47 bits per heavy atom. The number of carbonyl (C=O) groups is 2. The van der Waals surface area contributed by atoms with Crippen LogP contribution in [0.2, 0.25) is 5.02 Å². The molecule has 2 aromatic carbocycles. The van der Waals surface area contributed by atoms with Crippen LogP contribution in [0.25, 0.3) is 0 Å². The van der Waals surface area contributed by atoms with Crippen molar-refractivity contribution in [1.29, 1.82) is 0 Å². The SMILES string of the molecule is COc1ccc(Cl)cc1C(=O)NCCc1ccc(S(=O)(=O)NC(=O)NC2CCC(C)C(OC)C2)cc1. The number of methoxy groups -OCH3 is 2. The Balaban J connectivity index is 1.51. The lowest BCUT2D eigenvalue weighted by Gasteiger charge is -2.33. The van der Waals surface area contributed by atoms with Gasteiger partial charge in [0.25, 0.3) is 15.9 Å². The van der Waals surface area contributed by atoms with Gasteiger partial charge >= 0.3 is 6.03 Å². The van der Waals surface area contributed by atoms with E-state index >= 15 is 0 Å². The fourth-order valence-corrected chi connectivity index (χ4v) is 5.33. The first-order valence-electron chi connectivity index (χ1n) is 11.7. The second kappa shape index (κ2) is 12.4. The highest BCUT2D eigenvalue weighted by atomic mass is 35.5. The van der Waals surface area contributed by atoms with Crippen LogP contribution in [0.1, 0.15) is 42.1 Å². The molecule has 0 aromatic heterocycles. The molecule has 36 heavy (non-hydrogen) atoms. The number of hydrogen-bond acceptors (Lipinski definition) is 6. The van der Waals surface area contributed by atoms with Crippen molar-refractivity contribution in [2.45, 2.75) is 49.6 Å². The van der Waals surface area contributed by atoms with Gasteiger partial charge in [0.1, 0.15) is 5.75 Å². The lowest BCUT2D eigenvalue weighted by molar-refractivity contribution is 0.0213. The zero-order valence-electron chi connectivity index (χ0n) is 20.5. The molecule has 0 saturated heterocycles. The summed E-state index contributed by atoms with van der Waals surface area (Å²) < 4.78 is 38.0. The molecule has 0 spiro atoms. The summed E-state index contributed by atoms with van der Waals surface area (Å²) in [7, 11) is -0.914. The monoisotopic (exact) mass is 537 g/mol. The Morgan fingerprint density at radius 1 is 1.08 bits per heavy atom. The van der Waals surface area contributed by atoms with Gasteiger partial charge in [0, 0.05) is 24.7 Å². The molecule has 3 N–H and O–H groups in total. The Hall–Kier alpha value is -2.82. The lowest BCUT2D eigenvalue weighted by atomic mass is 9.85. The van der Waals surface area contributed by atoms with E-state index in [4.69, 9.17) is 21.1 Å². The summed E-state index contributed by atoms with van der Waals surface area (Å²) in [5.74, 6) is 0.485. The number of ether oxygens (including phenoxy) is 2. The van der Waals surface area contributed by atoms with E-state index < -0.39 is 16.1 Å². The fraction of sp³-hybridized carbons (Fsp3) is 0.440. The molecule has 9 nitrogen and oxygen atoms in total. The molecule has 3 amide bonds. The first-order chi connectivity index (χ1) is 17.1. The standard InChI is InChI=1S/C25H32ClN3O6S/c1-16-4-8-19(15-23(16)35-3)28-25(31)29-36(32,33)20-9-5-17(6-10-20)12-13-27-24(30)21-14-18(26)7-11-22(21)34-2/h5-7,9-11,14,16,19,23H,4,8,12-13,15H2,1-3H3,(H,27,30)(H2,28,29,31). The van der Waals surface area contributed by atoms with Crippen LogP contribution in [0.15, 0.2) is 47.4 Å². The van der Waals surface area contributed by atoms with Gasteiger partial charge in [-0.25, -0.2) is 17.9 Å². The number of carbonyl (C=O) groups excluding carboxylic acids is 2. The third-order valence-corrected chi connectivity index (χ3v) is 7.91. The van der Waals surface area contributed by atoms with Gasteiger partial charge in [-0.05, 0) is 67.5 Å². The van der Waals surface area contributed by atoms with E-state index in [2.05, 4.69) is 22.3 Å². The third-order valence-electron chi connectivity index (χ3n) is 6.33. The van der Waals surface area contributed by atoms with Crippen molar-refractivity contribution in [2.75, 3.05) is 20.8 Å². The van der Waals surface area contributed by atoms with E-state index in [1.807, 2.05) is 0 Å². The minimum atomic E-state index is -4.03. The maximum absolute atomic E-state index is 12.6. The summed E-state index contributed by atoms with van der Waals surface area (Å²) in [4.78, 5) is 24.8. The molecule has 3 atom stereocenters. The lowest BCUT2D eigenvalue weighted by Crippen LogP contribution is -2.48. The average molecular weight is 538 g/mol. The summed E-state index contributed by atoms with van der Waals surface area (Å²) in [6.45, 7) is 2.42. The summed E-state index contributed by atoms with van der Waals surface area (Å²) in [5, 5.41) is 5.96. The third kappa shape index (κ3) is 7.35. The summed E-state index contributed by atoms with van der Waals surface area (Å²) in [6.07, 6.45) is 2.81. The zero-order valence-corrected chi connectivity index (χ0v) is 22.1. The number of rotatable bonds is 9. The second-order valence-electron chi connectivity index (χ2n) is 8.83. The predicted octanol–water partition coefficient (Wildman–Crippen LogP) is 3.51. The van der Waals surface area contributed by atoms with E-state index in [0.29, 0.717) is 41.6 Å². The molecule has 1 fully saturated rings. The maximum atomic E-state index is 12.6. The first-order valence-corrected chi connectivity index (χ1v) is 13.6. The number of amides is 3. The molecular weight excluding hydrogens is 506 g/mol. The van der Waals surface area contributed by atoms with E-state index in [1.165, 1.54) is 25.3 Å². The Kier molecular flexibility index (Phi) is 9.58. The van der Waals surface area contributed by atoms with Gasteiger partial charge in [-0.3, -0.25) is 4.79 Å². The van der Waals surface area contributed by atoms with Gasteiger partial charge in [0.05, 0.1) is 23.7 Å². The van der Waals surface area contributed by atoms with Crippen LogP contribution in [-0.4, -0.2) is 53.3 Å². The molecule has 3 rings (SSSR count). The Morgan fingerprint density at radius 2 is 1.81 bits per heavy atom. The Labute approximate surface area is 216 Å². The highest BCUT2D eigenvalue weighted by molar-refractivity contribution is 7.90. The van der Waals surface area contributed by atoms with Crippen LogP contribution >= 0.6 is 11.6 Å². The van der Waals surface area contributed by atoms with E-state index in [-0.39, 0.29) is 22.9 Å². The van der Waals surface area contributed by atoms with Crippen molar-refractivity contribution in [3.63, 3.8) is 0 Å². The van der Waals surface area contributed by atoms with Gasteiger partial charge in [-0.15, -0.1) is 0 Å². The average Bonchev–Trinajstić information content (AvgIpc) is 2.85. The molecule has 0 bridgehead atoms. The van der Waals surface area contributed by atoms with Gasteiger partial charge in [0.2, 0.25) is 0 Å². The largest absolute Gasteiger partial charge is 0.496 e. The highest BCUT2D eigenvalue weighted by Gasteiger charge is 2.29. The molecule has 196 valence electrons. The van der Waals surface area contributed by atoms with Crippen LogP contribution in [0.3, 0.4) is 0 Å². The van der Waals surface area contributed by atoms with E-state index in [9.17, 15) is 18.0 Å². The van der Waals surface area contributed by atoms with E-state index in [0.717, 1.165) is 18.4 Å². The smallest absolute Gasteiger partial charge is 0.328 e. The highest BCUT2D eigenvalue weighted by Crippen LogP contribution is 2.26. The van der Waals surface area contributed by atoms with Gasteiger partial charge in [-0.2, -0.15) is 0 Å². The molecule has 1 saturated carbocycles. The molecule has 2 aromatic rings. The van der Waals surface area contributed by atoms with Gasteiger partial charge < -0.3 is 20.1 Å². The molecule has 0 aliphatic heterocycles. The van der Waals surface area contributed by atoms with Crippen molar-refractivity contribution in [1.82, 2.24) is 15.4 Å². The summed E-state index contributed by atoms with van der Waals surface area (Å²) in [5.41, 5.74) is 1.15. The summed E-state index contributed by atoms with van der Waals surface area (Å²) in [6, 6.07) is 10.0. The van der Waals surface area contributed by atoms with Crippen molar-refractivity contribution in [3.8, 4) is 5.75 Å². The zero-order chi connectivity index (χ0) is 26.3. The number of hydrogen-bond donors (Lipinski definition) is 3. The predicted molar refractivity (Wildman–Crippen MR) is 137 cm³/mol. The Bertz CT molecular complexity index is 1170. The van der Waals surface area contributed by atoms with Crippen LogP contribution in [-0.2, 0) is 21.2 Å². The van der Waals surface area contributed by atoms with E-state index in [1.54, 1.807) is 31.4 Å². The minimum Gasteiger partial charge on any atom is -0.496 e. The van der Waals surface area contributed by atoms with Gasteiger partial charge in [-0.1, -0.05) is 30.7 Å². The number of nitrogens with one attached hydrogen (secondary N) is 3. The van der Waals surface area contributed by atoms with Crippen molar-refractivity contribution in [3.05, 3.63) is 58.6 Å². The number of sulfonamides is 1. The molecule has 0 radical (unpaired) electrons. The maximum Gasteiger partial charge on any atom is 0.328 e. The molecule has 1 aliphatic carbocycles. The topological polar surface area (TPSA) is 123 Å². The number of halogens is 1. The number of urea groups is 1. The second-order valence-corrected chi connectivity index (χ2v) is 11.0. The molecule has 0 heterocycles. The molecule has 1 aliphatic rings. The molecule has 11 heteroatoms. The van der Waals surface area contributed by atoms with Crippen molar-refractivity contribution < 1.29 is 27.5 Å². The first kappa shape index (κ1) is 27.8. The van der Waals surface area contributed by atoms with Crippen LogP contribution in [0.5, 0.6) is 5.75 Å². The fourth-order valence-electron chi connectivity index (χ4n) is 4.24. The van der Waals surface area contributed by atoms with Crippen LogP contribution in [0, 0.1) is 5.92 Å². The summed E-state index contributed by atoms with van der Waals surface area (Å²) >= 11 is 5.98. The van der Waals surface area contributed by atoms with Gasteiger partial charge in [0.15, 0.2) is 0 Å². The number of benzene rings is 2.